The van der Waals surface area contributed by atoms with Gasteiger partial charge in [-0.1, -0.05) is 82.2 Å². The van der Waals surface area contributed by atoms with E-state index in [1.54, 1.807) is 24.3 Å². The second-order valence-corrected chi connectivity index (χ2v) is 7.80. The third-order valence-electron chi connectivity index (χ3n) is 5.21. The first-order chi connectivity index (χ1) is 15.3. The maximum atomic E-state index is 13.0. The topological polar surface area (TPSA) is 46.5 Å². The Bertz CT molecular complexity index is 888. The van der Waals surface area contributed by atoms with Gasteiger partial charge in [0, 0.05) is 5.56 Å². The lowest BCUT2D eigenvalue weighted by Gasteiger charge is -2.12. The Hall–Kier alpha value is -2.76. The number of ether oxygens (including phenoxy) is 1. The number of alkyl halides is 3. The quantitative estimate of drug-likeness (QED) is 0.193. The summed E-state index contributed by atoms with van der Waals surface area (Å²) in [4.78, 5) is 11.8. The third-order valence-corrected chi connectivity index (χ3v) is 5.21. The summed E-state index contributed by atoms with van der Waals surface area (Å²) >= 11 is 0. The predicted octanol–water partition coefficient (Wildman–Crippen LogP) is 7.85. The molecule has 0 saturated heterocycles. The van der Waals surface area contributed by atoms with Crippen molar-refractivity contribution in [2.75, 3.05) is 6.61 Å². The number of unbranched alkanes of at least 4 members (excludes halogenated alkanes) is 7. The van der Waals surface area contributed by atoms with Crippen molar-refractivity contribution in [3.8, 4) is 5.75 Å². The molecule has 1 N–H and O–H groups in total. The van der Waals surface area contributed by atoms with Gasteiger partial charge in [0.25, 0.3) is 0 Å². The van der Waals surface area contributed by atoms with Crippen LogP contribution in [0, 0.1) is 0 Å². The smallest absolute Gasteiger partial charge is 0.416 e. The first-order valence-corrected chi connectivity index (χ1v) is 11.2. The largest absolute Gasteiger partial charge is 0.493 e. The first-order valence-electron chi connectivity index (χ1n) is 11.2. The number of halogens is 3. The summed E-state index contributed by atoms with van der Waals surface area (Å²) in [5.74, 6) is -0.789. The highest BCUT2D eigenvalue weighted by Crippen LogP contribution is 2.32. The second kappa shape index (κ2) is 12.9. The molecule has 174 valence electrons. The van der Waals surface area contributed by atoms with Crippen LogP contribution in [0.15, 0.2) is 48.5 Å². The molecule has 0 saturated carbocycles. The number of para-hydroxylation sites is 1. The minimum Gasteiger partial charge on any atom is -0.493 e. The second-order valence-electron chi connectivity index (χ2n) is 7.80. The summed E-state index contributed by atoms with van der Waals surface area (Å²) < 4.78 is 45.0. The zero-order chi connectivity index (χ0) is 23.4. The van der Waals surface area contributed by atoms with E-state index in [-0.39, 0.29) is 11.1 Å². The van der Waals surface area contributed by atoms with Gasteiger partial charge in [-0.25, -0.2) is 4.79 Å². The molecule has 0 spiro atoms. The van der Waals surface area contributed by atoms with Crippen LogP contribution in [0.4, 0.5) is 13.2 Å². The Balaban J connectivity index is 2.05. The molecule has 2 aromatic carbocycles. The Morgan fingerprint density at radius 2 is 1.59 bits per heavy atom. The normalized spacial score (nSPS) is 12.1. The highest BCUT2D eigenvalue weighted by Gasteiger charge is 2.31. The highest BCUT2D eigenvalue weighted by atomic mass is 19.4. The van der Waals surface area contributed by atoms with E-state index in [0.29, 0.717) is 17.9 Å². The minimum atomic E-state index is -4.54. The zero-order valence-electron chi connectivity index (χ0n) is 18.5. The number of rotatable bonds is 13. The van der Waals surface area contributed by atoms with Gasteiger partial charge in [-0.05, 0) is 36.3 Å². The van der Waals surface area contributed by atoms with Crippen molar-refractivity contribution in [3.63, 3.8) is 0 Å². The SMILES string of the molecule is CCCCCCCCCCOc1ccccc1C=C(C(=O)O)c1cccc(C(F)(F)F)c1. The van der Waals surface area contributed by atoms with Crippen LogP contribution in [-0.4, -0.2) is 17.7 Å². The van der Waals surface area contributed by atoms with Crippen LogP contribution in [0.1, 0.15) is 75.0 Å². The van der Waals surface area contributed by atoms with E-state index >= 15 is 0 Å². The van der Waals surface area contributed by atoms with Crippen molar-refractivity contribution in [2.24, 2.45) is 0 Å². The Morgan fingerprint density at radius 3 is 2.25 bits per heavy atom. The number of carboxylic acid groups (broad SMARTS) is 1. The molecule has 0 radical (unpaired) electrons. The molecule has 3 nitrogen and oxygen atoms in total. The summed E-state index contributed by atoms with van der Waals surface area (Å²) in [5.41, 5.74) is -0.604. The summed E-state index contributed by atoms with van der Waals surface area (Å²) in [7, 11) is 0. The first kappa shape index (κ1) is 25.5. The number of aliphatic carboxylic acids is 1. The number of carbonyl (C=O) groups is 1. The molecule has 0 fully saturated rings. The summed E-state index contributed by atoms with van der Waals surface area (Å²) in [6.45, 7) is 2.70. The van der Waals surface area contributed by atoms with Crippen LogP contribution in [0.5, 0.6) is 5.75 Å². The maximum Gasteiger partial charge on any atom is 0.416 e. The van der Waals surface area contributed by atoms with Gasteiger partial charge < -0.3 is 9.84 Å². The van der Waals surface area contributed by atoms with Gasteiger partial charge >= 0.3 is 12.1 Å². The molecule has 0 atom stereocenters. The fourth-order valence-corrected chi connectivity index (χ4v) is 3.44. The molecular weight excluding hydrogens is 417 g/mol. The molecule has 0 aliphatic heterocycles. The molecule has 0 aliphatic carbocycles. The van der Waals surface area contributed by atoms with E-state index in [2.05, 4.69) is 6.92 Å². The van der Waals surface area contributed by atoms with Gasteiger partial charge in [-0.3, -0.25) is 0 Å². The van der Waals surface area contributed by atoms with Crippen LogP contribution in [-0.2, 0) is 11.0 Å². The summed E-state index contributed by atoms with van der Waals surface area (Å²) in [6, 6.07) is 11.3. The molecule has 32 heavy (non-hydrogen) atoms. The van der Waals surface area contributed by atoms with Gasteiger partial charge in [-0.15, -0.1) is 0 Å². The minimum absolute atomic E-state index is 0.00907. The molecule has 2 rings (SSSR count). The van der Waals surface area contributed by atoms with Crippen molar-refractivity contribution < 1.29 is 27.8 Å². The van der Waals surface area contributed by atoms with Crippen LogP contribution < -0.4 is 4.74 Å². The van der Waals surface area contributed by atoms with Gasteiger partial charge in [-0.2, -0.15) is 13.2 Å². The van der Waals surface area contributed by atoms with E-state index < -0.39 is 17.7 Å². The van der Waals surface area contributed by atoms with Crippen LogP contribution in [0.25, 0.3) is 11.6 Å². The summed E-state index contributed by atoms with van der Waals surface area (Å²) in [6.07, 6.45) is 6.22. The lowest BCUT2D eigenvalue weighted by molar-refractivity contribution is -0.137. The van der Waals surface area contributed by atoms with Crippen molar-refractivity contribution in [1.29, 1.82) is 0 Å². The predicted molar refractivity (Wildman–Crippen MR) is 121 cm³/mol. The van der Waals surface area contributed by atoms with Crippen molar-refractivity contribution in [1.82, 2.24) is 0 Å². The molecule has 0 amide bonds. The van der Waals surface area contributed by atoms with Crippen LogP contribution in [0.3, 0.4) is 0 Å². The molecule has 6 heteroatoms. The number of hydrogen-bond donors (Lipinski definition) is 1. The van der Waals surface area contributed by atoms with Crippen LogP contribution in [0.2, 0.25) is 0 Å². The molecule has 0 unspecified atom stereocenters. The van der Waals surface area contributed by atoms with E-state index in [4.69, 9.17) is 4.74 Å². The Labute approximate surface area is 187 Å². The molecule has 0 bridgehead atoms. The Morgan fingerprint density at radius 1 is 0.938 bits per heavy atom. The van der Waals surface area contributed by atoms with Crippen LogP contribution >= 0.6 is 0 Å². The van der Waals surface area contributed by atoms with Crippen molar-refractivity contribution in [2.45, 2.75) is 64.5 Å². The zero-order valence-corrected chi connectivity index (χ0v) is 18.5. The van der Waals surface area contributed by atoms with E-state index in [1.165, 1.54) is 50.3 Å². The lowest BCUT2D eigenvalue weighted by atomic mass is 10.00. The fraction of sp³-hybridized carbons (Fsp3) is 0.423. The summed E-state index contributed by atoms with van der Waals surface area (Å²) in [5, 5.41) is 9.63. The standard InChI is InChI=1S/C26H31F3O3/c1-2-3-4-5-6-7-8-11-17-32-24-16-10-9-13-21(24)19-23(25(30)31)20-14-12-15-22(18-20)26(27,28)29/h9-10,12-16,18-19H,2-8,11,17H2,1H3,(H,30,31). The van der Waals surface area contributed by atoms with Gasteiger partial charge in [0.15, 0.2) is 0 Å². The van der Waals surface area contributed by atoms with Gasteiger partial charge in [0.05, 0.1) is 17.7 Å². The monoisotopic (exact) mass is 448 g/mol. The average molecular weight is 449 g/mol. The molecule has 0 aromatic heterocycles. The van der Waals surface area contributed by atoms with Crippen molar-refractivity contribution in [3.05, 3.63) is 65.2 Å². The molecule has 0 heterocycles. The average Bonchev–Trinajstić information content (AvgIpc) is 2.76. The maximum absolute atomic E-state index is 13.0. The van der Waals surface area contributed by atoms with E-state index in [0.717, 1.165) is 31.4 Å². The molecule has 0 aliphatic rings. The molecule has 2 aromatic rings. The number of benzene rings is 2. The number of carboxylic acids is 1. The van der Waals surface area contributed by atoms with E-state index in [9.17, 15) is 23.1 Å². The Kier molecular flexibility index (Phi) is 10.3. The van der Waals surface area contributed by atoms with E-state index in [1.807, 2.05) is 0 Å². The number of hydrogen-bond acceptors (Lipinski definition) is 2. The van der Waals surface area contributed by atoms with Crippen molar-refractivity contribution >= 4 is 17.6 Å². The third kappa shape index (κ3) is 8.40. The fourth-order valence-electron chi connectivity index (χ4n) is 3.44. The van der Waals surface area contributed by atoms with Gasteiger partial charge in [0.2, 0.25) is 0 Å². The highest BCUT2D eigenvalue weighted by molar-refractivity contribution is 6.20. The lowest BCUT2D eigenvalue weighted by Crippen LogP contribution is -2.07. The van der Waals surface area contributed by atoms with Gasteiger partial charge in [0.1, 0.15) is 5.75 Å². The molecular formula is C26H31F3O3.